The van der Waals surface area contributed by atoms with Gasteiger partial charge in [-0.2, -0.15) is 0 Å². The molecule has 130 valence electrons. The predicted molar refractivity (Wildman–Crippen MR) is 90.5 cm³/mol. The van der Waals surface area contributed by atoms with Crippen LogP contribution in [0.2, 0.25) is 0 Å². The van der Waals surface area contributed by atoms with Gasteiger partial charge in [-0.3, -0.25) is 14.4 Å². The highest BCUT2D eigenvalue weighted by atomic mass is 16.5. The summed E-state index contributed by atoms with van der Waals surface area (Å²) in [5.41, 5.74) is 0.892. The molecule has 1 aromatic carbocycles. The van der Waals surface area contributed by atoms with E-state index in [9.17, 15) is 14.4 Å². The molecule has 2 rings (SSSR count). The number of amides is 2. The second kappa shape index (κ2) is 8.47. The average molecular weight is 332 g/mol. The molecule has 0 spiro atoms. The standard InChI is InChI=1S/C18H24N2O4/c1-3-16(21)20(14-7-5-4-6-8-14)15-9-11-19(12-10-15)17(22)13-18(23)24-2/h4-8,15H,3,9-13H2,1-2H3. The smallest absolute Gasteiger partial charge is 0.315 e. The molecule has 1 saturated heterocycles. The van der Waals surface area contributed by atoms with Crippen LogP contribution in [-0.4, -0.2) is 48.9 Å². The molecule has 0 unspecified atom stereocenters. The summed E-state index contributed by atoms with van der Waals surface area (Å²) in [6, 6.07) is 9.69. The lowest BCUT2D eigenvalue weighted by Crippen LogP contribution is -2.49. The van der Waals surface area contributed by atoms with Gasteiger partial charge in [-0.1, -0.05) is 25.1 Å². The van der Waals surface area contributed by atoms with E-state index in [0.29, 0.717) is 32.4 Å². The van der Waals surface area contributed by atoms with Crippen LogP contribution in [0.15, 0.2) is 30.3 Å². The molecule has 6 nitrogen and oxygen atoms in total. The molecular weight excluding hydrogens is 308 g/mol. The average Bonchev–Trinajstić information content (AvgIpc) is 2.63. The lowest BCUT2D eigenvalue weighted by atomic mass is 10.0. The van der Waals surface area contributed by atoms with Gasteiger partial charge in [0, 0.05) is 31.2 Å². The number of para-hydroxylation sites is 1. The summed E-state index contributed by atoms with van der Waals surface area (Å²) in [4.78, 5) is 39.2. The molecule has 1 aliphatic heterocycles. The molecule has 1 aromatic rings. The molecule has 6 heteroatoms. The summed E-state index contributed by atoms with van der Waals surface area (Å²) >= 11 is 0. The number of carbonyl (C=O) groups is 3. The Hall–Kier alpha value is -2.37. The fourth-order valence-electron chi connectivity index (χ4n) is 3.00. The minimum atomic E-state index is -0.519. The summed E-state index contributed by atoms with van der Waals surface area (Å²) in [6.45, 7) is 2.94. The van der Waals surface area contributed by atoms with Gasteiger partial charge in [0.1, 0.15) is 6.42 Å². The first kappa shape index (κ1) is 18.0. The Bertz CT molecular complexity index is 580. The van der Waals surface area contributed by atoms with Gasteiger partial charge >= 0.3 is 5.97 Å². The Labute approximate surface area is 142 Å². The molecule has 0 bridgehead atoms. The van der Waals surface area contributed by atoms with E-state index in [1.165, 1.54) is 7.11 Å². The van der Waals surface area contributed by atoms with Gasteiger partial charge in [-0.05, 0) is 25.0 Å². The van der Waals surface area contributed by atoms with Gasteiger partial charge in [-0.25, -0.2) is 0 Å². The second-order valence-electron chi connectivity index (χ2n) is 5.82. The Balaban J connectivity index is 2.01. The first-order valence-electron chi connectivity index (χ1n) is 8.28. The molecule has 0 atom stereocenters. The SMILES string of the molecule is CCC(=O)N(c1ccccc1)C1CCN(C(=O)CC(=O)OC)CC1. The van der Waals surface area contributed by atoms with E-state index in [2.05, 4.69) is 4.74 Å². The number of benzene rings is 1. The Morgan fingerprint density at radius 2 is 1.79 bits per heavy atom. The maximum Gasteiger partial charge on any atom is 0.315 e. The van der Waals surface area contributed by atoms with Crippen LogP contribution in [0.5, 0.6) is 0 Å². The first-order valence-corrected chi connectivity index (χ1v) is 8.28. The van der Waals surface area contributed by atoms with E-state index < -0.39 is 5.97 Å². The summed E-state index contributed by atoms with van der Waals surface area (Å²) in [5.74, 6) is -0.650. The number of hydrogen-bond acceptors (Lipinski definition) is 4. The van der Waals surface area contributed by atoms with E-state index in [0.717, 1.165) is 5.69 Å². The van der Waals surface area contributed by atoms with Gasteiger partial charge in [-0.15, -0.1) is 0 Å². The molecule has 2 amide bonds. The third-order valence-electron chi connectivity index (χ3n) is 4.31. The highest BCUT2D eigenvalue weighted by Crippen LogP contribution is 2.24. The van der Waals surface area contributed by atoms with Crippen LogP contribution in [0.1, 0.15) is 32.6 Å². The van der Waals surface area contributed by atoms with E-state index in [-0.39, 0.29) is 24.3 Å². The fourth-order valence-corrected chi connectivity index (χ4v) is 3.00. The number of likely N-dealkylation sites (tertiary alicyclic amines) is 1. The van der Waals surface area contributed by atoms with Crippen LogP contribution in [0.25, 0.3) is 0 Å². The van der Waals surface area contributed by atoms with Crippen molar-refractivity contribution in [1.82, 2.24) is 4.90 Å². The number of esters is 1. The largest absolute Gasteiger partial charge is 0.469 e. The minimum Gasteiger partial charge on any atom is -0.469 e. The highest BCUT2D eigenvalue weighted by Gasteiger charge is 2.30. The molecule has 24 heavy (non-hydrogen) atoms. The molecule has 0 saturated carbocycles. The number of methoxy groups -OCH3 is 1. The van der Waals surface area contributed by atoms with Gasteiger partial charge < -0.3 is 14.5 Å². The van der Waals surface area contributed by atoms with Gasteiger partial charge in [0.2, 0.25) is 11.8 Å². The summed E-state index contributed by atoms with van der Waals surface area (Å²) in [5, 5.41) is 0. The van der Waals surface area contributed by atoms with Crippen molar-refractivity contribution in [2.24, 2.45) is 0 Å². The Morgan fingerprint density at radius 1 is 1.17 bits per heavy atom. The van der Waals surface area contributed by atoms with E-state index in [1.807, 2.05) is 42.2 Å². The fraction of sp³-hybridized carbons (Fsp3) is 0.500. The van der Waals surface area contributed by atoms with E-state index in [4.69, 9.17) is 0 Å². The lowest BCUT2D eigenvalue weighted by molar-refractivity contribution is -0.147. The lowest BCUT2D eigenvalue weighted by Gasteiger charge is -2.38. The van der Waals surface area contributed by atoms with Crippen molar-refractivity contribution in [2.45, 2.75) is 38.6 Å². The topological polar surface area (TPSA) is 66.9 Å². The van der Waals surface area contributed by atoms with Crippen molar-refractivity contribution >= 4 is 23.5 Å². The summed E-state index contributed by atoms with van der Waals surface area (Å²) < 4.78 is 4.54. The van der Waals surface area contributed by atoms with Crippen LogP contribution in [-0.2, 0) is 19.1 Å². The highest BCUT2D eigenvalue weighted by molar-refractivity contribution is 5.95. The molecule has 1 fully saturated rings. The maximum absolute atomic E-state index is 12.4. The van der Waals surface area contributed by atoms with Crippen molar-refractivity contribution in [1.29, 1.82) is 0 Å². The minimum absolute atomic E-state index is 0.0713. The van der Waals surface area contributed by atoms with Crippen molar-refractivity contribution in [3.8, 4) is 0 Å². The van der Waals surface area contributed by atoms with Gasteiger partial charge in [0.25, 0.3) is 0 Å². The first-order chi connectivity index (χ1) is 11.6. The third kappa shape index (κ3) is 4.34. The Morgan fingerprint density at radius 3 is 2.33 bits per heavy atom. The van der Waals surface area contributed by atoms with Crippen LogP contribution < -0.4 is 4.90 Å². The normalized spacial score (nSPS) is 15.0. The monoisotopic (exact) mass is 332 g/mol. The van der Waals surface area contributed by atoms with Crippen LogP contribution >= 0.6 is 0 Å². The van der Waals surface area contributed by atoms with Crippen molar-refractivity contribution in [2.75, 3.05) is 25.1 Å². The number of rotatable bonds is 5. The van der Waals surface area contributed by atoms with E-state index >= 15 is 0 Å². The zero-order chi connectivity index (χ0) is 17.5. The molecular formula is C18H24N2O4. The van der Waals surface area contributed by atoms with Gasteiger partial charge in [0.05, 0.1) is 7.11 Å². The zero-order valence-electron chi connectivity index (χ0n) is 14.2. The van der Waals surface area contributed by atoms with Crippen LogP contribution in [0.3, 0.4) is 0 Å². The second-order valence-corrected chi connectivity index (χ2v) is 5.82. The van der Waals surface area contributed by atoms with Crippen LogP contribution in [0, 0.1) is 0 Å². The molecule has 1 aliphatic rings. The summed E-state index contributed by atoms with van der Waals surface area (Å²) in [6.07, 6.45) is 1.62. The Kier molecular flexibility index (Phi) is 6.35. The number of piperidine rings is 1. The number of anilines is 1. The quantitative estimate of drug-likeness (QED) is 0.611. The third-order valence-corrected chi connectivity index (χ3v) is 4.31. The molecule has 0 radical (unpaired) electrons. The predicted octanol–water partition coefficient (Wildman–Crippen LogP) is 1.98. The number of ether oxygens (including phenoxy) is 1. The molecule has 1 heterocycles. The molecule has 0 N–H and O–H groups in total. The maximum atomic E-state index is 12.4. The van der Waals surface area contributed by atoms with Crippen molar-refractivity contribution in [3.05, 3.63) is 30.3 Å². The van der Waals surface area contributed by atoms with Crippen LogP contribution in [0.4, 0.5) is 5.69 Å². The number of nitrogens with zero attached hydrogens (tertiary/aromatic N) is 2. The van der Waals surface area contributed by atoms with Crippen molar-refractivity contribution < 1.29 is 19.1 Å². The van der Waals surface area contributed by atoms with E-state index in [1.54, 1.807) is 4.90 Å². The van der Waals surface area contributed by atoms with Gasteiger partial charge in [0.15, 0.2) is 0 Å². The number of hydrogen-bond donors (Lipinski definition) is 0. The number of carbonyl (C=O) groups excluding carboxylic acids is 3. The van der Waals surface area contributed by atoms with Crippen molar-refractivity contribution in [3.63, 3.8) is 0 Å². The zero-order valence-corrected chi connectivity index (χ0v) is 14.2. The summed E-state index contributed by atoms with van der Waals surface area (Å²) in [7, 11) is 1.27. The molecule has 0 aliphatic carbocycles. The molecule has 0 aromatic heterocycles.